The average Bonchev–Trinajstić information content (AvgIpc) is 2.57. The molecule has 2 rings (SSSR count). The molecular weight excluding hydrogens is 194 g/mol. The van der Waals surface area contributed by atoms with E-state index in [0.29, 0.717) is 0 Å². The highest BCUT2D eigenvalue weighted by molar-refractivity contribution is 5.23. The first kappa shape index (κ1) is 10.6. The van der Waals surface area contributed by atoms with Crippen molar-refractivity contribution in [3.63, 3.8) is 0 Å². The van der Waals surface area contributed by atoms with Crippen LogP contribution in [-0.4, -0.2) is 40.2 Å². The van der Waals surface area contributed by atoms with E-state index >= 15 is 0 Å². The second-order valence-electron chi connectivity index (χ2n) is 3.83. The smallest absolute Gasteiger partial charge is 0.101 e. The minimum absolute atomic E-state index is 0.179. The third-order valence-electron chi connectivity index (χ3n) is 2.85. The largest absolute Gasteiger partial charge is 0.395 e. The van der Waals surface area contributed by atoms with Crippen molar-refractivity contribution < 1.29 is 15.3 Å². The van der Waals surface area contributed by atoms with E-state index < -0.39 is 18.2 Å². The lowest BCUT2D eigenvalue weighted by molar-refractivity contribution is 0.0194. The number of hydrogen-bond donors (Lipinski definition) is 4. The molecule has 1 aliphatic heterocycles. The Morgan fingerprint density at radius 2 is 1.73 bits per heavy atom. The van der Waals surface area contributed by atoms with Crippen LogP contribution in [0.5, 0.6) is 0 Å². The van der Waals surface area contributed by atoms with Gasteiger partial charge in [-0.15, -0.1) is 0 Å². The van der Waals surface area contributed by atoms with Gasteiger partial charge >= 0.3 is 0 Å². The van der Waals surface area contributed by atoms with Crippen molar-refractivity contribution in [1.82, 2.24) is 5.32 Å². The fourth-order valence-electron chi connectivity index (χ4n) is 1.98. The topological polar surface area (TPSA) is 72.7 Å². The quantitative estimate of drug-likeness (QED) is 0.525. The van der Waals surface area contributed by atoms with Crippen LogP contribution in [0.15, 0.2) is 30.3 Å². The van der Waals surface area contributed by atoms with E-state index in [0.717, 1.165) is 5.56 Å². The predicted molar refractivity (Wildman–Crippen MR) is 55.2 cm³/mol. The van der Waals surface area contributed by atoms with Gasteiger partial charge in [0, 0.05) is 0 Å². The fraction of sp³-hybridized carbons (Fsp3) is 0.455. The SMILES string of the molecule is OC[C@H]1N[C@@H](c2ccccc2)[C@@H](O)[C@@H]1O. The molecule has 0 radical (unpaired) electrons. The average molecular weight is 209 g/mol. The van der Waals surface area contributed by atoms with E-state index in [-0.39, 0.29) is 12.6 Å². The molecule has 1 aliphatic rings. The van der Waals surface area contributed by atoms with Crippen molar-refractivity contribution >= 4 is 0 Å². The third-order valence-corrected chi connectivity index (χ3v) is 2.85. The molecule has 4 atom stereocenters. The molecule has 82 valence electrons. The molecule has 0 amide bonds. The maximum absolute atomic E-state index is 9.79. The van der Waals surface area contributed by atoms with Gasteiger partial charge in [0.15, 0.2) is 0 Å². The van der Waals surface area contributed by atoms with Gasteiger partial charge in [0.05, 0.1) is 24.8 Å². The fourth-order valence-corrected chi connectivity index (χ4v) is 1.98. The van der Waals surface area contributed by atoms with E-state index in [1.807, 2.05) is 30.3 Å². The summed E-state index contributed by atoms with van der Waals surface area (Å²) in [6, 6.07) is 8.65. The maximum atomic E-state index is 9.79. The number of aliphatic hydroxyl groups is 3. The lowest BCUT2D eigenvalue weighted by Gasteiger charge is -2.15. The molecule has 0 aromatic heterocycles. The van der Waals surface area contributed by atoms with Crippen molar-refractivity contribution in [3.8, 4) is 0 Å². The third kappa shape index (κ3) is 1.89. The van der Waals surface area contributed by atoms with Gasteiger partial charge in [0.1, 0.15) is 6.10 Å². The van der Waals surface area contributed by atoms with Crippen LogP contribution in [0.1, 0.15) is 11.6 Å². The highest BCUT2D eigenvalue weighted by Gasteiger charge is 2.40. The van der Waals surface area contributed by atoms with Crippen LogP contribution in [0.2, 0.25) is 0 Å². The summed E-state index contributed by atoms with van der Waals surface area (Å²) in [4.78, 5) is 0. The summed E-state index contributed by atoms with van der Waals surface area (Å²) >= 11 is 0. The van der Waals surface area contributed by atoms with Gasteiger partial charge in [0.25, 0.3) is 0 Å². The molecule has 0 bridgehead atoms. The summed E-state index contributed by atoms with van der Waals surface area (Å²) in [5.41, 5.74) is 0.917. The zero-order valence-corrected chi connectivity index (χ0v) is 8.24. The van der Waals surface area contributed by atoms with E-state index in [9.17, 15) is 10.2 Å². The van der Waals surface area contributed by atoms with Crippen LogP contribution in [0.25, 0.3) is 0 Å². The molecule has 1 heterocycles. The van der Waals surface area contributed by atoms with Gasteiger partial charge in [-0.05, 0) is 5.56 Å². The zero-order valence-electron chi connectivity index (χ0n) is 8.24. The van der Waals surface area contributed by atoms with Crippen LogP contribution < -0.4 is 5.32 Å². The Kier molecular flexibility index (Phi) is 3.02. The Balaban J connectivity index is 2.19. The Labute approximate surface area is 88.2 Å². The van der Waals surface area contributed by atoms with Gasteiger partial charge in [0.2, 0.25) is 0 Å². The molecule has 0 aliphatic carbocycles. The van der Waals surface area contributed by atoms with Gasteiger partial charge in [-0.1, -0.05) is 30.3 Å². The summed E-state index contributed by atoms with van der Waals surface area (Å²) in [6.07, 6.45) is -1.79. The molecule has 1 aromatic rings. The first-order chi connectivity index (χ1) is 7.24. The molecule has 0 saturated carbocycles. The normalized spacial score (nSPS) is 35.7. The van der Waals surface area contributed by atoms with Crippen LogP contribution in [-0.2, 0) is 0 Å². The molecule has 15 heavy (non-hydrogen) atoms. The molecular formula is C11H15NO3. The first-order valence-corrected chi connectivity index (χ1v) is 5.02. The monoisotopic (exact) mass is 209 g/mol. The van der Waals surface area contributed by atoms with Crippen LogP contribution >= 0.6 is 0 Å². The minimum Gasteiger partial charge on any atom is -0.395 e. The number of benzene rings is 1. The summed E-state index contributed by atoms with van der Waals surface area (Å²) in [5, 5.41) is 31.4. The molecule has 4 heteroatoms. The maximum Gasteiger partial charge on any atom is 0.101 e. The van der Waals surface area contributed by atoms with E-state index in [2.05, 4.69) is 5.32 Å². The summed E-state index contributed by atoms with van der Waals surface area (Å²) in [6.45, 7) is -0.179. The minimum atomic E-state index is -0.916. The second kappa shape index (κ2) is 4.28. The molecule has 4 N–H and O–H groups in total. The van der Waals surface area contributed by atoms with E-state index in [1.54, 1.807) is 0 Å². The van der Waals surface area contributed by atoms with Crippen LogP contribution in [0.3, 0.4) is 0 Å². The lowest BCUT2D eigenvalue weighted by atomic mass is 10.0. The Morgan fingerprint density at radius 1 is 1.07 bits per heavy atom. The highest BCUT2D eigenvalue weighted by Crippen LogP contribution is 2.27. The number of nitrogens with one attached hydrogen (secondary N) is 1. The lowest BCUT2D eigenvalue weighted by Crippen LogP contribution is -2.35. The van der Waals surface area contributed by atoms with Crippen molar-refractivity contribution in [1.29, 1.82) is 0 Å². The molecule has 1 fully saturated rings. The van der Waals surface area contributed by atoms with Crippen molar-refractivity contribution in [2.75, 3.05) is 6.61 Å². The summed E-state index contributed by atoms with van der Waals surface area (Å²) < 4.78 is 0. The Morgan fingerprint density at radius 3 is 2.27 bits per heavy atom. The van der Waals surface area contributed by atoms with Gasteiger partial charge < -0.3 is 20.6 Å². The molecule has 4 nitrogen and oxygen atoms in total. The predicted octanol–water partition coefficient (Wildman–Crippen LogP) is -0.586. The Bertz CT molecular complexity index is 317. The number of hydrogen-bond acceptors (Lipinski definition) is 4. The summed E-state index contributed by atoms with van der Waals surface area (Å²) in [7, 11) is 0. The second-order valence-corrected chi connectivity index (χ2v) is 3.83. The zero-order chi connectivity index (χ0) is 10.8. The Hall–Kier alpha value is -0.940. The van der Waals surface area contributed by atoms with Crippen molar-refractivity contribution in [2.24, 2.45) is 0 Å². The van der Waals surface area contributed by atoms with Crippen LogP contribution in [0.4, 0.5) is 0 Å². The molecule has 0 unspecified atom stereocenters. The van der Waals surface area contributed by atoms with Crippen molar-refractivity contribution in [3.05, 3.63) is 35.9 Å². The van der Waals surface area contributed by atoms with E-state index in [1.165, 1.54) is 0 Å². The number of aliphatic hydroxyl groups excluding tert-OH is 3. The van der Waals surface area contributed by atoms with Gasteiger partial charge in [-0.3, -0.25) is 0 Å². The number of rotatable bonds is 2. The molecule has 0 spiro atoms. The highest BCUT2D eigenvalue weighted by atomic mass is 16.3. The standard InChI is InChI=1S/C11H15NO3/c13-6-8-10(14)11(15)9(12-8)7-4-2-1-3-5-7/h1-5,8-15H,6H2/t8-,9+,10-,11-/m1/s1. The molecule has 1 aromatic carbocycles. The van der Waals surface area contributed by atoms with Crippen molar-refractivity contribution in [2.45, 2.75) is 24.3 Å². The first-order valence-electron chi connectivity index (χ1n) is 5.02. The summed E-state index contributed by atoms with van der Waals surface area (Å²) in [5.74, 6) is 0. The van der Waals surface area contributed by atoms with Crippen LogP contribution in [0, 0.1) is 0 Å². The van der Waals surface area contributed by atoms with E-state index in [4.69, 9.17) is 5.11 Å². The van der Waals surface area contributed by atoms with Gasteiger partial charge in [-0.25, -0.2) is 0 Å². The molecule has 1 saturated heterocycles. The van der Waals surface area contributed by atoms with Gasteiger partial charge in [-0.2, -0.15) is 0 Å².